The molecule has 0 atom stereocenters. The van der Waals surface area contributed by atoms with E-state index in [1.54, 1.807) is 12.1 Å². The Morgan fingerprint density at radius 1 is 0.393 bits per heavy atom. The van der Waals surface area contributed by atoms with E-state index in [1.807, 2.05) is 24.3 Å². The van der Waals surface area contributed by atoms with Gasteiger partial charge in [-0.2, -0.15) is 0 Å². The number of aldehydes is 2. The van der Waals surface area contributed by atoms with E-state index < -0.39 is 0 Å². The second kappa shape index (κ2) is 33.4. The molecule has 0 N–H and O–H groups in total. The normalized spacial score (nSPS) is 10.7. The van der Waals surface area contributed by atoms with Crippen LogP contribution in [-0.4, -0.2) is 39.0 Å². The van der Waals surface area contributed by atoms with Gasteiger partial charge < -0.3 is 18.9 Å². The predicted molar refractivity (Wildman–Crippen MR) is 255 cm³/mol. The molecule has 0 aliphatic carbocycles. The third-order valence-corrected chi connectivity index (χ3v) is 11.7. The van der Waals surface area contributed by atoms with Crippen LogP contribution in [0.25, 0.3) is 0 Å². The van der Waals surface area contributed by atoms with Crippen molar-refractivity contribution in [2.45, 2.75) is 182 Å². The van der Waals surface area contributed by atoms with Gasteiger partial charge in [0.1, 0.15) is 23.0 Å². The van der Waals surface area contributed by atoms with Crippen LogP contribution in [0.2, 0.25) is 0 Å². The summed E-state index contributed by atoms with van der Waals surface area (Å²) in [4.78, 5) is 26.1. The Balaban J connectivity index is 1.82. The maximum Gasteiger partial charge on any atom is 0.153 e. The molecule has 0 aliphatic rings. The molecule has 3 aromatic rings. The first kappa shape index (κ1) is 51.2. The summed E-state index contributed by atoms with van der Waals surface area (Å²) in [5.74, 6) is 15.6. The highest BCUT2D eigenvalue weighted by Crippen LogP contribution is 2.31. The molecule has 0 bridgehead atoms. The van der Waals surface area contributed by atoms with Crippen molar-refractivity contribution >= 4 is 23.9 Å². The number of hydrogen-bond donors (Lipinski definition) is 0. The lowest BCUT2D eigenvalue weighted by Gasteiger charge is -2.13. The molecule has 6 nitrogen and oxygen atoms in total. The van der Waals surface area contributed by atoms with Crippen LogP contribution in [-0.2, 0) is 0 Å². The van der Waals surface area contributed by atoms with Gasteiger partial charge in [-0.15, -0.1) is 11.3 Å². The fourth-order valence-electron chi connectivity index (χ4n) is 7.01. The highest BCUT2D eigenvalue weighted by atomic mass is 32.1. The summed E-state index contributed by atoms with van der Waals surface area (Å²) < 4.78 is 24.9. The monoisotopic (exact) mass is 853 g/mol. The van der Waals surface area contributed by atoms with Gasteiger partial charge >= 0.3 is 0 Å². The van der Waals surface area contributed by atoms with Crippen molar-refractivity contribution in [3.05, 3.63) is 68.4 Å². The average molecular weight is 853 g/mol. The Kier molecular flexibility index (Phi) is 28.0. The fourth-order valence-corrected chi connectivity index (χ4v) is 7.72. The topological polar surface area (TPSA) is 71.1 Å². The van der Waals surface area contributed by atoms with Crippen LogP contribution in [0.5, 0.6) is 23.0 Å². The van der Waals surface area contributed by atoms with Gasteiger partial charge in [0.2, 0.25) is 0 Å². The number of rotatable bonds is 34. The largest absolute Gasteiger partial charge is 0.493 e. The molecule has 61 heavy (non-hydrogen) atoms. The Morgan fingerprint density at radius 2 is 0.689 bits per heavy atom. The van der Waals surface area contributed by atoms with E-state index in [1.165, 1.54) is 114 Å². The number of carbonyl (C=O) groups is 2. The lowest BCUT2D eigenvalue weighted by atomic mass is 10.1. The van der Waals surface area contributed by atoms with Crippen LogP contribution < -0.4 is 18.9 Å². The Morgan fingerprint density at radius 3 is 1.00 bits per heavy atom. The van der Waals surface area contributed by atoms with Gasteiger partial charge in [-0.3, -0.25) is 9.59 Å². The molecule has 0 saturated heterocycles. The van der Waals surface area contributed by atoms with Gasteiger partial charge in [-0.1, -0.05) is 180 Å². The smallest absolute Gasteiger partial charge is 0.153 e. The van der Waals surface area contributed by atoms with E-state index in [4.69, 9.17) is 18.9 Å². The zero-order valence-corrected chi connectivity index (χ0v) is 39.1. The zero-order valence-electron chi connectivity index (χ0n) is 38.3. The second-order valence-corrected chi connectivity index (χ2v) is 17.2. The highest BCUT2D eigenvalue weighted by molar-refractivity contribution is 7.13. The number of benzene rings is 2. The molecule has 0 spiro atoms. The second-order valence-electron chi connectivity index (χ2n) is 16.1. The summed E-state index contributed by atoms with van der Waals surface area (Å²) in [5.41, 5.74) is 2.37. The minimum absolute atomic E-state index is 0.482. The summed E-state index contributed by atoms with van der Waals surface area (Å²) in [6.45, 7) is 11.2. The lowest BCUT2D eigenvalue weighted by Crippen LogP contribution is -2.04. The van der Waals surface area contributed by atoms with E-state index in [9.17, 15) is 9.59 Å². The number of hydrogen-bond acceptors (Lipinski definition) is 7. The number of ether oxygens (including phenoxy) is 4. The van der Waals surface area contributed by atoms with Crippen LogP contribution in [0, 0.1) is 23.7 Å². The van der Waals surface area contributed by atoms with E-state index in [0.29, 0.717) is 71.7 Å². The molecule has 1 aromatic heterocycles. The summed E-state index contributed by atoms with van der Waals surface area (Å²) >= 11 is 1.51. The van der Waals surface area contributed by atoms with Crippen LogP contribution in [0.15, 0.2) is 36.4 Å². The Hall–Kier alpha value is -4.20. The van der Waals surface area contributed by atoms with Gasteiger partial charge in [0.25, 0.3) is 0 Å². The quantitative estimate of drug-likeness (QED) is 0.0339. The molecular formula is C54H76O6S. The molecule has 2 aromatic carbocycles. The van der Waals surface area contributed by atoms with Crippen molar-refractivity contribution < 1.29 is 28.5 Å². The third-order valence-electron chi connectivity index (χ3n) is 10.7. The van der Waals surface area contributed by atoms with Crippen molar-refractivity contribution in [2.24, 2.45) is 0 Å². The first-order chi connectivity index (χ1) is 30.1. The summed E-state index contributed by atoms with van der Waals surface area (Å²) in [6, 6.07) is 11.2. The predicted octanol–water partition coefficient (Wildman–Crippen LogP) is 15.1. The van der Waals surface area contributed by atoms with Crippen LogP contribution in [0.1, 0.15) is 223 Å². The fraction of sp³-hybridized carbons (Fsp3) is 0.593. The zero-order chi connectivity index (χ0) is 43.6. The highest BCUT2D eigenvalue weighted by Gasteiger charge is 2.14. The molecule has 0 radical (unpaired) electrons. The first-order valence-corrected chi connectivity index (χ1v) is 24.8. The molecule has 0 unspecified atom stereocenters. The van der Waals surface area contributed by atoms with Crippen LogP contribution in [0.3, 0.4) is 0 Å². The minimum atomic E-state index is 0.482. The molecule has 334 valence electrons. The standard InChI is InChI=1S/C54H76O6S/c1-5-9-13-17-21-25-35-57-51-41-47(43-55)53(59-37-27-23-19-15-11-7-3)39-45(51)29-31-49-33-34-50(61-49)32-30-46-40-54(60-38-28-24-20-16-12-8-4)48(44-56)42-52(46)58-36-26-22-18-14-10-6-2/h33-34,39-44H,5-28,35-38H2,1-4H3. The maximum absolute atomic E-state index is 12.2. The van der Waals surface area contributed by atoms with E-state index in [-0.39, 0.29) is 0 Å². The molecule has 7 heteroatoms. The molecule has 0 aliphatic heterocycles. The average Bonchev–Trinajstić information content (AvgIpc) is 3.74. The molecule has 1 heterocycles. The maximum atomic E-state index is 12.2. The molecule has 0 fully saturated rings. The van der Waals surface area contributed by atoms with E-state index in [2.05, 4.69) is 51.4 Å². The molecule has 3 rings (SSSR count). The number of carbonyl (C=O) groups excluding carboxylic acids is 2. The minimum Gasteiger partial charge on any atom is -0.493 e. The molecule has 0 saturated carbocycles. The summed E-state index contributed by atoms with van der Waals surface area (Å²) in [6.07, 6.45) is 29.6. The number of unbranched alkanes of at least 4 members (excludes halogenated alkanes) is 20. The molecular weight excluding hydrogens is 777 g/mol. The van der Waals surface area contributed by atoms with Crippen molar-refractivity contribution in [2.75, 3.05) is 26.4 Å². The van der Waals surface area contributed by atoms with Crippen molar-refractivity contribution in [3.8, 4) is 46.7 Å². The van der Waals surface area contributed by atoms with Gasteiger partial charge in [0.05, 0.1) is 58.4 Å². The van der Waals surface area contributed by atoms with Crippen LogP contribution in [0.4, 0.5) is 0 Å². The first-order valence-electron chi connectivity index (χ1n) is 24.0. The summed E-state index contributed by atoms with van der Waals surface area (Å²) in [7, 11) is 0. The van der Waals surface area contributed by atoms with Crippen LogP contribution >= 0.6 is 11.3 Å². The summed E-state index contributed by atoms with van der Waals surface area (Å²) in [5, 5.41) is 0. The SMILES string of the molecule is CCCCCCCCOc1cc(C=O)c(OCCCCCCCC)cc1C#Cc1ccc(C#Cc2cc(OCCCCCCCC)c(C=O)cc2OCCCCCCCC)s1. The van der Waals surface area contributed by atoms with E-state index >= 15 is 0 Å². The van der Waals surface area contributed by atoms with Gasteiger partial charge in [0, 0.05) is 12.1 Å². The molecule has 0 amide bonds. The Labute approximate surface area is 374 Å². The number of thiophene rings is 1. The van der Waals surface area contributed by atoms with Crippen molar-refractivity contribution in [1.29, 1.82) is 0 Å². The van der Waals surface area contributed by atoms with E-state index in [0.717, 1.165) is 73.7 Å². The van der Waals surface area contributed by atoms with Crippen molar-refractivity contribution in [3.63, 3.8) is 0 Å². The van der Waals surface area contributed by atoms with Gasteiger partial charge in [-0.05, 0) is 49.9 Å². The lowest BCUT2D eigenvalue weighted by molar-refractivity contribution is 0.111. The van der Waals surface area contributed by atoms with Gasteiger partial charge in [0.15, 0.2) is 12.6 Å². The van der Waals surface area contributed by atoms with Gasteiger partial charge in [-0.25, -0.2) is 0 Å². The third kappa shape index (κ3) is 21.4. The van der Waals surface area contributed by atoms with Crippen molar-refractivity contribution in [1.82, 2.24) is 0 Å². The Bertz CT molecular complexity index is 1660.